The van der Waals surface area contributed by atoms with Gasteiger partial charge in [-0.1, -0.05) is 19.8 Å². The van der Waals surface area contributed by atoms with Gasteiger partial charge in [0.2, 0.25) is 5.91 Å². The Morgan fingerprint density at radius 3 is 2.94 bits per heavy atom. The van der Waals surface area contributed by atoms with E-state index in [0.29, 0.717) is 12.5 Å². The van der Waals surface area contributed by atoms with Gasteiger partial charge in [-0.15, -0.1) is 11.8 Å². The number of amides is 1. The predicted molar refractivity (Wildman–Crippen MR) is 71.1 cm³/mol. The minimum Gasteiger partial charge on any atom is -0.388 e. The minimum atomic E-state index is -0.656. The lowest BCUT2D eigenvalue weighted by molar-refractivity contribution is -0.122. The third-order valence-corrected chi connectivity index (χ3v) is 5.26. The number of carbonyl (C=O) groups is 1. The molecule has 17 heavy (non-hydrogen) atoms. The van der Waals surface area contributed by atoms with E-state index < -0.39 is 5.60 Å². The van der Waals surface area contributed by atoms with Gasteiger partial charge in [0.05, 0.1) is 10.9 Å². The minimum absolute atomic E-state index is 0.124. The largest absolute Gasteiger partial charge is 0.388 e. The summed E-state index contributed by atoms with van der Waals surface area (Å²) in [5.41, 5.74) is -0.656. The summed E-state index contributed by atoms with van der Waals surface area (Å²) < 4.78 is 0. The Bertz CT molecular complexity index is 279. The highest BCUT2D eigenvalue weighted by atomic mass is 32.2. The van der Waals surface area contributed by atoms with Crippen LogP contribution in [0.5, 0.6) is 0 Å². The molecule has 1 saturated heterocycles. The molecule has 2 N–H and O–H groups in total. The molecule has 0 aromatic heterocycles. The normalized spacial score (nSPS) is 38.0. The maximum Gasteiger partial charge on any atom is 0.233 e. The lowest BCUT2D eigenvalue weighted by atomic mass is 9.79. The highest BCUT2D eigenvalue weighted by molar-refractivity contribution is 8.00. The van der Waals surface area contributed by atoms with Crippen molar-refractivity contribution in [3.05, 3.63) is 0 Å². The highest BCUT2D eigenvalue weighted by Crippen LogP contribution is 2.32. The fourth-order valence-corrected chi connectivity index (χ4v) is 4.13. The van der Waals surface area contributed by atoms with Gasteiger partial charge in [-0.05, 0) is 37.4 Å². The number of nitrogens with one attached hydrogen (secondary N) is 1. The van der Waals surface area contributed by atoms with Gasteiger partial charge in [0.1, 0.15) is 0 Å². The molecule has 1 aliphatic carbocycles. The molecule has 1 saturated carbocycles. The second-order valence-corrected chi connectivity index (χ2v) is 6.96. The van der Waals surface area contributed by atoms with Crippen LogP contribution in [0.1, 0.15) is 45.4 Å². The average Bonchev–Trinajstić information content (AvgIpc) is 2.79. The van der Waals surface area contributed by atoms with Crippen LogP contribution in [0.2, 0.25) is 0 Å². The zero-order chi connectivity index (χ0) is 12.3. The van der Waals surface area contributed by atoms with E-state index in [4.69, 9.17) is 0 Å². The molecule has 0 aromatic carbocycles. The number of thioether (sulfide) groups is 1. The Hall–Kier alpha value is -0.220. The number of hydrogen-bond donors (Lipinski definition) is 2. The van der Waals surface area contributed by atoms with Crippen molar-refractivity contribution in [2.75, 3.05) is 12.3 Å². The van der Waals surface area contributed by atoms with Crippen molar-refractivity contribution >= 4 is 17.7 Å². The van der Waals surface area contributed by atoms with Crippen LogP contribution >= 0.6 is 11.8 Å². The predicted octanol–water partition coefficient (Wildman–Crippen LogP) is 1.94. The second kappa shape index (κ2) is 5.61. The first-order chi connectivity index (χ1) is 8.09. The fraction of sp³-hybridized carbons (Fsp3) is 0.923. The standard InChI is InChI=1S/C13H23NO2S/c1-10-4-2-6-13(16,8-10)9-14-12(15)11-5-3-7-17-11/h10-11,16H,2-9H2,1H3,(H,14,15). The first-order valence-electron chi connectivity index (χ1n) is 6.71. The topological polar surface area (TPSA) is 49.3 Å². The fourth-order valence-electron chi connectivity index (χ4n) is 2.94. The van der Waals surface area contributed by atoms with Crippen molar-refractivity contribution < 1.29 is 9.90 Å². The summed E-state index contributed by atoms with van der Waals surface area (Å²) in [6, 6.07) is 0. The summed E-state index contributed by atoms with van der Waals surface area (Å²) in [5.74, 6) is 1.80. The van der Waals surface area contributed by atoms with Gasteiger partial charge in [-0.25, -0.2) is 0 Å². The van der Waals surface area contributed by atoms with Crippen LogP contribution in [0.15, 0.2) is 0 Å². The summed E-state index contributed by atoms with van der Waals surface area (Å²) in [6.45, 7) is 2.62. The molecule has 0 aromatic rings. The van der Waals surface area contributed by atoms with Crippen LogP contribution < -0.4 is 5.32 Å². The molecule has 3 nitrogen and oxygen atoms in total. The van der Waals surface area contributed by atoms with Crippen molar-refractivity contribution in [1.29, 1.82) is 0 Å². The summed E-state index contributed by atoms with van der Waals surface area (Å²) in [6.07, 6.45) is 6.07. The number of hydrogen-bond acceptors (Lipinski definition) is 3. The Morgan fingerprint density at radius 1 is 1.47 bits per heavy atom. The van der Waals surface area contributed by atoms with E-state index in [1.807, 2.05) is 0 Å². The summed E-state index contributed by atoms with van der Waals surface area (Å²) in [4.78, 5) is 11.9. The molecule has 2 rings (SSSR count). The first-order valence-corrected chi connectivity index (χ1v) is 7.76. The van der Waals surface area contributed by atoms with Gasteiger partial charge in [0.25, 0.3) is 0 Å². The van der Waals surface area contributed by atoms with Gasteiger partial charge in [0.15, 0.2) is 0 Å². The molecule has 1 heterocycles. The Kier molecular flexibility index (Phi) is 4.36. The van der Waals surface area contributed by atoms with Crippen molar-refractivity contribution in [3.8, 4) is 0 Å². The zero-order valence-electron chi connectivity index (χ0n) is 10.6. The summed E-state index contributed by atoms with van der Waals surface area (Å²) >= 11 is 1.74. The maximum absolute atomic E-state index is 11.9. The Labute approximate surface area is 108 Å². The van der Waals surface area contributed by atoms with Crippen molar-refractivity contribution in [2.24, 2.45) is 5.92 Å². The third kappa shape index (κ3) is 3.62. The monoisotopic (exact) mass is 257 g/mol. The molecule has 1 aliphatic heterocycles. The SMILES string of the molecule is CC1CCCC(O)(CNC(=O)C2CCCS2)C1. The lowest BCUT2D eigenvalue weighted by Crippen LogP contribution is -2.47. The molecule has 2 aliphatic rings. The molecule has 2 fully saturated rings. The zero-order valence-corrected chi connectivity index (χ0v) is 11.4. The molecular formula is C13H23NO2S. The van der Waals surface area contributed by atoms with Gasteiger partial charge >= 0.3 is 0 Å². The van der Waals surface area contributed by atoms with Crippen LogP contribution in [0.3, 0.4) is 0 Å². The van der Waals surface area contributed by atoms with E-state index in [1.54, 1.807) is 11.8 Å². The molecule has 1 amide bonds. The van der Waals surface area contributed by atoms with Crippen LogP contribution in [0, 0.1) is 5.92 Å². The molecule has 98 valence electrons. The molecule has 3 unspecified atom stereocenters. The molecule has 0 spiro atoms. The van der Waals surface area contributed by atoms with Gasteiger partial charge in [-0.3, -0.25) is 4.79 Å². The highest BCUT2D eigenvalue weighted by Gasteiger charge is 2.33. The van der Waals surface area contributed by atoms with Crippen LogP contribution in [0.4, 0.5) is 0 Å². The molecule has 0 bridgehead atoms. The average molecular weight is 257 g/mol. The van der Waals surface area contributed by atoms with E-state index in [0.717, 1.165) is 37.9 Å². The molecule has 3 atom stereocenters. The summed E-state index contributed by atoms with van der Waals surface area (Å²) in [7, 11) is 0. The van der Waals surface area contributed by atoms with E-state index >= 15 is 0 Å². The number of rotatable bonds is 3. The maximum atomic E-state index is 11.9. The van der Waals surface area contributed by atoms with Gasteiger partial charge in [0, 0.05) is 6.54 Å². The number of carbonyl (C=O) groups excluding carboxylic acids is 1. The van der Waals surface area contributed by atoms with E-state index in [2.05, 4.69) is 12.2 Å². The van der Waals surface area contributed by atoms with Gasteiger partial charge < -0.3 is 10.4 Å². The van der Waals surface area contributed by atoms with E-state index in [1.165, 1.54) is 6.42 Å². The lowest BCUT2D eigenvalue weighted by Gasteiger charge is -2.35. The van der Waals surface area contributed by atoms with Crippen LogP contribution in [0.25, 0.3) is 0 Å². The smallest absolute Gasteiger partial charge is 0.233 e. The first kappa shape index (κ1) is 13.2. The summed E-state index contributed by atoms with van der Waals surface area (Å²) in [5, 5.41) is 13.5. The Balaban J connectivity index is 1.78. The van der Waals surface area contributed by atoms with Crippen molar-refractivity contribution in [3.63, 3.8) is 0 Å². The molecule has 4 heteroatoms. The van der Waals surface area contributed by atoms with E-state index in [9.17, 15) is 9.90 Å². The van der Waals surface area contributed by atoms with Crippen LogP contribution in [-0.2, 0) is 4.79 Å². The molecule has 0 radical (unpaired) electrons. The van der Waals surface area contributed by atoms with Crippen molar-refractivity contribution in [1.82, 2.24) is 5.32 Å². The van der Waals surface area contributed by atoms with Crippen LogP contribution in [-0.4, -0.2) is 34.2 Å². The molecular weight excluding hydrogens is 234 g/mol. The number of aliphatic hydroxyl groups is 1. The van der Waals surface area contributed by atoms with E-state index in [-0.39, 0.29) is 11.2 Å². The third-order valence-electron chi connectivity index (χ3n) is 3.88. The van der Waals surface area contributed by atoms with Gasteiger partial charge in [-0.2, -0.15) is 0 Å². The Morgan fingerprint density at radius 2 is 2.29 bits per heavy atom. The van der Waals surface area contributed by atoms with Crippen molar-refractivity contribution in [2.45, 2.75) is 56.3 Å². The quantitative estimate of drug-likeness (QED) is 0.812. The second-order valence-electron chi connectivity index (χ2n) is 5.65.